The van der Waals surface area contributed by atoms with Gasteiger partial charge in [-0.25, -0.2) is 4.39 Å². The third-order valence-corrected chi connectivity index (χ3v) is 1.75. The molecule has 0 amide bonds. The fourth-order valence-corrected chi connectivity index (χ4v) is 1.28. The van der Waals surface area contributed by atoms with E-state index >= 15 is 0 Å². The fourth-order valence-electron chi connectivity index (χ4n) is 1.28. The Morgan fingerprint density at radius 2 is 2.50 bits per heavy atom. The van der Waals surface area contributed by atoms with Crippen LogP contribution in [-0.2, 0) is 0 Å². The summed E-state index contributed by atoms with van der Waals surface area (Å²) in [5.74, 6) is 0. The highest BCUT2D eigenvalue weighted by molar-refractivity contribution is 4.70. The van der Waals surface area contributed by atoms with E-state index in [0.29, 0.717) is 6.54 Å². The van der Waals surface area contributed by atoms with Crippen molar-refractivity contribution in [1.29, 1.82) is 0 Å². The maximum Gasteiger partial charge on any atom is 0.164 e. The Morgan fingerprint density at radius 3 is 3.10 bits per heavy atom. The molecule has 0 aromatic carbocycles. The van der Waals surface area contributed by atoms with Gasteiger partial charge < -0.3 is 0 Å². The zero-order valence-corrected chi connectivity index (χ0v) is 6.44. The number of hydrogen-bond acceptors (Lipinski definition) is 2. The molecule has 1 aliphatic rings. The molecule has 1 N–H and O–H groups in total. The van der Waals surface area contributed by atoms with E-state index in [1.165, 1.54) is 0 Å². The first-order chi connectivity index (χ1) is 4.83. The van der Waals surface area contributed by atoms with Crippen molar-refractivity contribution in [3.05, 3.63) is 0 Å². The Morgan fingerprint density at radius 1 is 1.70 bits per heavy atom. The monoisotopic (exact) mass is 146 g/mol. The molecule has 2 nitrogen and oxygen atoms in total. The molecule has 0 aromatic heterocycles. The van der Waals surface area contributed by atoms with Gasteiger partial charge >= 0.3 is 0 Å². The molecule has 0 spiro atoms. The average Bonchev–Trinajstić information content (AvgIpc) is 1.88. The summed E-state index contributed by atoms with van der Waals surface area (Å²) in [5, 5.41) is 2.76. The largest absolute Gasteiger partial charge is 0.298 e. The van der Waals surface area contributed by atoms with Crippen LogP contribution in [0, 0.1) is 0 Å². The lowest BCUT2D eigenvalue weighted by molar-refractivity contribution is 0.125. The molecule has 1 saturated heterocycles. The second kappa shape index (κ2) is 3.88. The van der Waals surface area contributed by atoms with E-state index in [1.54, 1.807) is 0 Å². The Balaban J connectivity index is 2.18. The number of nitrogens with zero attached hydrogens (tertiary/aromatic N) is 1. The molecule has 0 saturated carbocycles. The number of nitrogens with one attached hydrogen (secondary N) is 1. The van der Waals surface area contributed by atoms with Crippen molar-refractivity contribution in [1.82, 2.24) is 10.2 Å². The summed E-state index contributed by atoms with van der Waals surface area (Å²) in [4.78, 5) is 2.15. The predicted octanol–water partition coefficient (Wildman–Crippen LogP) is 0.597. The Hall–Kier alpha value is -0.150. The summed E-state index contributed by atoms with van der Waals surface area (Å²) in [7, 11) is 0. The number of hydrogen-bond donors (Lipinski definition) is 1. The molecule has 1 atom stereocenters. The molecular formula is C7H15FN2. The Bertz CT molecular complexity index is 95.6. The highest BCUT2D eigenvalue weighted by Crippen LogP contribution is 1.99. The summed E-state index contributed by atoms with van der Waals surface area (Å²) in [6.45, 7) is 5.50. The lowest BCUT2D eigenvalue weighted by Gasteiger charge is -2.29. The number of rotatable bonds is 2. The van der Waals surface area contributed by atoms with Gasteiger partial charge in [0.2, 0.25) is 0 Å². The third kappa shape index (κ3) is 2.23. The minimum absolute atomic E-state index is 0.563. The van der Waals surface area contributed by atoms with Crippen molar-refractivity contribution < 1.29 is 4.39 Å². The number of piperazine rings is 1. The van der Waals surface area contributed by atoms with Crippen LogP contribution in [0.3, 0.4) is 0 Å². The van der Waals surface area contributed by atoms with E-state index in [1.807, 2.05) is 0 Å². The van der Waals surface area contributed by atoms with Crippen molar-refractivity contribution in [3.8, 4) is 0 Å². The highest BCUT2D eigenvalue weighted by Gasteiger charge is 2.16. The van der Waals surface area contributed by atoms with Crippen LogP contribution < -0.4 is 5.32 Å². The van der Waals surface area contributed by atoms with Crippen molar-refractivity contribution in [2.75, 3.05) is 26.2 Å². The maximum absolute atomic E-state index is 12.6. The van der Waals surface area contributed by atoms with Gasteiger partial charge in [-0.2, -0.15) is 0 Å². The number of alkyl halides is 1. The van der Waals surface area contributed by atoms with Gasteiger partial charge in [0.25, 0.3) is 0 Å². The van der Waals surface area contributed by atoms with Gasteiger partial charge in [0.1, 0.15) is 0 Å². The van der Waals surface area contributed by atoms with E-state index in [-0.39, 0.29) is 0 Å². The van der Waals surface area contributed by atoms with E-state index in [4.69, 9.17) is 0 Å². The third-order valence-electron chi connectivity index (χ3n) is 1.75. The van der Waals surface area contributed by atoms with Crippen LogP contribution in [0.1, 0.15) is 13.3 Å². The van der Waals surface area contributed by atoms with Gasteiger partial charge in [0.15, 0.2) is 6.30 Å². The van der Waals surface area contributed by atoms with Crippen molar-refractivity contribution in [2.45, 2.75) is 19.6 Å². The molecule has 3 heteroatoms. The quantitative estimate of drug-likeness (QED) is 0.574. The summed E-state index contributed by atoms with van der Waals surface area (Å²) in [5.41, 5.74) is 0. The van der Waals surface area contributed by atoms with Crippen LogP contribution in [-0.4, -0.2) is 37.4 Å². The molecule has 10 heavy (non-hydrogen) atoms. The van der Waals surface area contributed by atoms with Gasteiger partial charge in [0, 0.05) is 19.6 Å². The van der Waals surface area contributed by atoms with Crippen molar-refractivity contribution >= 4 is 0 Å². The Kier molecular flexibility index (Phi) is 3.09. The summed E-state index contributed by atoms with van der Waals surface area (Å²) in [6, 6.07) is 0. The van der Waals surface area contributed by atoms with Gasteiger partial charge in [-0.3, -0.25) is 10.2 Å². The second-order valence-corrected chi connectivity index (χ2v) is 2.72. The average molecular weight is 146 g/mol. The standard InChI is InChI=1S/C7H15FN2/c1-2-4-10-5-3-9-7(8)6-10/h7,9H,2-6H2,1H3. The molecule has 1 heterocycles. The van der Waals surface area contributed by atoms with Crippen LogP contribution in [0.2, 0.25) is 0 Å². The molecule has 1 aliphatic heterocycles. The molecule has 0 bridgehead atoms. The minimum Gasteiger partial charge on any atom is -0.298 e. The first-order valence-electron chi connectivity index (χ1n) is 3.92. The van der Waals surface area contributed by atoms with Gasteiger partial charge in [-0.1, -0.05) is 6.92 Å². The van der Waals surface area contributed by atoms with Crippen LogP contribution >= 0.6 is 0 Å². The first kappa shape index (κ1) is 7.95. The summed E-state index contributed by atoms with van der Waals surface area (Å²) < 4.78 is 12.6. The second-order valence-electron chi connectivity index (χ2n) is 2.72. The lowest BCUT2D eigenvalue weighted by atomic mass is 10.3. The molecule has 1 unspecified atom stereocenters. The van der Waals surface area contributed by atoms with Crippen LogP contribution in [0.5, 0.6) is 0 Å². The zero-order chi connectivity index (χ0) is 7.40. The molecule has 0 aliphatic carbocycles. The maximum atomic E-state index is 12.6. The molecule has 0 aromatic rings. The van der Waals surface area contributed by atoms with Gasteiger partial charge in [-0.15, -0.1) is 0 Å². The normalized spacial score (nSPS) is 28.8. The van der Waals surface area contributed by atoms with Crippen LogP contribution in [0.15, 0.2) is 0 Å². The molecule has 0 radical (unpaired) electrons. The summed E-state index contributed by atoms with van der Waals surface area (Å²) >= 11 is 0. The van der Waals surface area contributed by atoms with Gasteiger partial charge in [-0.05, 0) is 13.0 Å². The van der Waals surface area contributed by atoms with Crippen molar-refractivity contribution in [3.63, 3.8) is 0 Å². The lowest BCUT2D eigenvalue weighted by Crippen LogP contribution is -2.48. The fraction of sp³-hybridized carbons (Fsp3) is 1.00. The molecule has 1 fully saturated rings. The van der Waals surface area contributed by atoms with Crippen LogP contribution in [0.25, 0.3) is 0 Å². The first-order valence-corrected chi connectivity index (χ1v) is 3.92. The highest BCUT2D eigenvalue weighted by atomic mass is 19.1. The molecule has 60 valence electrons. The minimum atomic E-state index is -0.805. The topological polar surface area (TPSA) is 15.3 Å². The Labute approximate surface area is 61.4 Å². The molecule has 1 rings (SSSR count). The van der Waals surface area contributed by atoms with E-state index in [9.17, 15) is 4.39 Å². The predicted molar refractivity (Wildman–Crippen MR) is 39.6 cm³/mol. The smallest absolute Gasteiger partial charge is 0.164 e. The SMILES string of the molecule is CCCN1CCNC(F)C1. The van der Waals surface area contributed by atoms with Gasteiger partial charge in [0.05, 0.1) is 0 Å². The zero-order valence-electron chi connectivity index (χ0n) is 6.44. The number of halogens is 1. The van der Waals surface area contributed by atoms with E-state index < -0.39 is 6.30 Å². The van der Waals surface area contributed by atoms with Crippen molar-refractivity contribution in [2.24, 2.45) is 0 Å². The van der Waals surface area contributed by atoms with E-state index in [2.05, 4.69) is 17.1 Å². The molecular weight excluding hydrogens is 131 g/mol. The van der Waals surface area contributed by atoms with E-state index in [0.717, 1.165) is 26.1 Å². The summed E-state index contributed by atoms with van der Waals surface area (Å²) in [6.07, 6.45) is 0.312. The van der Waals surface area contributed by atoms with Crippen LogP contribution in [0.4, 0.5) is 4.39 Å².